The zero-order chi connectivity index (χ0) is 26.2. The molecule has 5 rings (SSSR count). The number of aliphatic hydroxyl groups excluding tert-OH is 1. The number of nitrogens with zero attached hydrogens (tertiary/aromatic N) is 4. The molecule has 4 aromatic rings. The van der Waals surface area contributed by atoms with Crippen LogP contribution in [0.25, 0.3) is 11.2 Å². The molecule has 7 nitrogen and oxygen atoms in total. The van der Waals surface area contributed by atoms with Gasteiger partial charge in [-0.3, -0.25) is 13.9 Å². The van der Waals surface area contributed by atoms with Crippen LogP contribution in [0.2, 0.25) is 5.02 Å². The first-order valence-electron chi connectivity index (χ1n) is 12.6. The van der Waals surface area contributed by atoms with Gasteiger partial charge < -0.3 is 9.67 Å². The van der Waals surface area contributed by atoms with Gasteiger partial charge in [-0.05, 0) is 61.3 Å². The minimum Gasteiger partial charge on any atom is -0.396 e. The van der Waals surface area contributed by atoms with Crippen molar-refractivity contribution in [2.45, 2.75) is 56.8 Å². The predicted molar refractivity (Wildman–Crippen MR) is 142 cm³/mol. The minimum atomic E-state index is -1.74. The van der Waals surface area contributed by atoms with E-state index in [1.807, 2.05) is 30.3 Å². The van der Waals surface area contributed by atoms with Crippen LogP contribution in [0.4, 0.5) is 4.39 Å². The van der Waals surface area contributed by atoms with E-state index in [0.29, 0.717) is 17.9 Å². The second kappa shape index (κ2) is 10.3. The maximum Gasteiger partial charge on any atom is 0.332 e. The number of halogens is 2. The third-order valence-corrected chi connectivity index (χ3v) is 7.73. The van der Waals surface area contributed by atoms with Gasteiger partial charge in [0.2, 0.25) is 0 Å². The Bertz CT molecular complexity index is 1520. The summed E-state index contributed by atoms with van der Waals surface area (Å²) in [6.07, 6.45) is 2.10. The molecule has 0 radical (unpaired) electrons. The monoisotopic (exact) mass is 524 g/mol. The highest BCUT2D eigenvalue weighted by Crippen LogP contribution is 2.46. The van der Waals surface area contributed by atoms with E-state index in [4.69, 9.17) is 11.6 Å². The van der Waals surface area contributed by atoms with E-state index >= 15 is 4.39 Å². The molecule has 1 aliphatic rings. The summed E-state index contributed by atoms with van der Waals surface area (Å²) in [6.45, 7) is 0.127. The number of alkyl halides is 1. The summed E-state index contributed by atoms with van der Waals surface area (Å²) in [7, 11) is 1.54. The first-order valence-corrected chi connectivity index (χ1v) is 13.0. The average molecular weight is 525 g/mol. The lowest BCUT2D eigenvalue weighted by atomic mass is 9.76. The molecule has 2 aromatic carbocycles. The lowest BCUT2D eigenvalue weighted by Gasteiger charge is -2.34. The molecule has 0 unspecified atom stereocenters. The van der Waals surface area contributed by atoms with E-state index < -0.39 is 16.9 Å². The van der Waals surface area contributed by atoms with Gasteiger partial charge in [-0.15, -0.1) is 0 Å². The van der Waals surface area contributed by atoms with Gasteiger partial charge in [-0.1, -0.05) is 54.1 Å². The fraction of sp³-hybridized carbons (Fsp3) is 0.393. The van der Waals surface area contributed by atoms with Crippen LogP contribution in [0.1, 0.15) is 55.0 Å². The predicted octanol–water partition coefficient (Wildman–Crippen LogP) is 4.50. The van der Waals surface area contributed by atoms with Crippen LogP contribution in [-0.2, 0) is 25.8 Å². The second-order valence-corrected chi connectivity index (χ2v) is 10.3. The van der Waals surface area contributed by atoms with Crippen molar-refractivity contribution in [1.82, 2.24) is 18.7 Å². The Labute approximate surface area is 218 Å². The highest BCUT2D eigenvalue weighted by Gasteiger charge is 2.42. The number of fused-ring (bicyclic) bond motifs is 1. The van der Waals surface area contributed by atoms with Gasteiger partial charge in [0.25, 0.3) is 5.56 Å². The zero-order valence-electron chi connectivity index (χ0n) is 20.7. The average Bonchev–Trinajstić information content (AvgIpc) is 3.30. The van der Waals surface area contributed by atoms with Crippen molar-refractivity contribution >= 4 is 22.8 Å². The third-order valence-electron chi connectivity index (χ3n) is 7.48. The van der Waals surface area contributed by atoms with Crippen molar-refractivity contribution in [3.63, 3.8) is 0 Å². The van der Waals surface area contributed by atoms with Crippen molar-refractivity contribution < 1.29 is 9.50 Å². The van der Waals surface area contributed by atoms with Gasteiger partial charge in [0, 0.05) is 31.8 Å². The second-order valence-electron chi connectivity index (χ2n) is 9.85. The highest BCUT2D eigenvalue weighted by atomic mass is 35.5. The molecule has 0 saturated heterocycles. The fourth-order valence-electron chi connectivity index (χ4n) is 5.42. The van der Waals surface area contributed by atoms with Crippen LogP contribution in [0.3, 0.4) is 0 Å². The summed E-state index contributed by atoms with van der Waals surface area (Å²) in [5.41, 5.74) is -0.409. The number of rotatable bonds is 7. The number of aromatic nitrogens is 4. The van der Waals surface area contributed by atoms with Crippen molar-refractivity contribution in [2.75, 3.05) is 6.61 Å². The van der Waals surface area contributed by atoms with Crippen molar-refractivity contribution in [2.24, 2.45) is 7.05 Å². The van der Waals surface area contributed by atoms with Crippen LogP contribution in [0, 0.1) is 0 Å². The molecule has 2 heterocycles. The quantitative estimate of drug-likeness (QED) is 0.386. The van der Waals surface area contributed by atoms with Crippen LogP contribution >= 0.6 is 11.6 Å². The molecule has 0 spiro atoms. The topological polar surface area (TPSA) is 82.0 Å². The van der Waals surface area contributed by atoms with Crippen LogP contribution in [-0.4, -0.2) is 30.4 Å². The SMILES string of the molecule is Cn1c(=O)n(CCCO)c(=O)c2c1nc(C1(F)CCC(c3ccccc3)CC1)n2Cc1ccc(Cl)cc1. The molecule has 0 amide bonds. The van der Waals surface area contributed by atoms with Crippen LogP contribution in [0.15, 0.2) is 64.2 Å². The summed E-state index contributed by atoms with van der Waals surface area (Å²) < 4.78 is 20.8. The number of imidazole rings is 1. The molecule has 2 aromatic heterocycles. The molecule has 0 atom stereocenters. The molecular weight excluding hydrogens is 495 g/mol. The first kappa shape index (κ1) is 25.4. The summed E-state index contributed by atoms with van der Waals surface area (Å²) in [5.74, 6) is 0.440. The van der Waals surface area contributed by atoms with Crippen molar-refractivity contribution in [3.05, 3.63) is 97.4 Å². The molecule has 0 aliphatic heterocycles. The van der Waals surface area contributed by atoms with Gasteiger partial charge in [-0.2, -0.15) is 0 Å². The first-order chi connectivity index (χ1) is 17.8. The van der Waals surface area contributed by atoms with E-state index in [1.54, 1.807) is 23.7 Å². The largest absolute Gasteiger partial charge is 0.396 e. The van der Waals surface area contributed by atoms with E-state index in [-0.39, 0.29) is 61.9 Å². The Kier molecular flexibility index (Phi) is 7.05. The molecule has 1 saturated carbocycles. The molecule has 194 valence electrons. The third kappa shape index (κ3) is 4.76. The maximum absolute atomic E-state index is 16.8. The Morgan fingerprint density at radius 3 is 2.38 bits per heavy atom. The summed E-state index contributed by atoms with van der Waals surface area (Å²) in [5, 5.41) is 9.85. The lowest BCUT2D eigenvalue weighted by molar-refractivity contribution is 0.0834. The molecule has 1 fully saturated rings. The molecule has 1 aliphatic carbocycles. The Morgan fingerprint density at radius 2 is 1.73 bits per heavy atom. The van der Waals surface area contributed by atoms with Gasteiger partial charge in [0.15, 0.2) is 16.8 Å². The molecule has 0 bridgehead atoms. The summed E-state index contributed by atoms with van der Waals surface area (Å²) in [4.78, 5) is 31.2. The molecule has 9 heteroatoms. The van der Waals surface area contributed by atoms with Crippen LogP contribution in [0.5, 0.6) is 0 Å². The summed E-state index contributed by atoms with van der Waals surface area (Å²) in [6, 6.07) is 17.3. The normalized spacial score (nSPS) is 19.9. The molecule has 37 heavy (non-hydrogen) atoms. The van der Waals surface area contributed by atoms with E-state index in [9.17, 15) is 14.7 Å². The van der Waals surface area contributed by atoms with E-state index in [0.717, 1.165) is 10.1 Å². The fourth-order valence-corrected chi connectivity index (χ4v) is 5.55. The van der Waals surface area contributed by atoms with Crippen LogP contribution < -0.4 is 11.2 Å². The number of aryl methyl sites for hydroxylation is 1. The molecule has 1 N–H and O–H groups in total. The minimum absolute atomic E-state index is 0.0684. The molecular formula is C28H30ClFN4O3. The Morgan fingerprint density at radius 1 is 1.05 bits per heavy atom. The van der Waals surface area contributed by atoms with Gasteiger partial charge in [0.1, 0.15) is 5.82 Å². The number of aliphatic hydroxyl groups is 1. The van der Waals surface area contributed by atoms with Crippen molar-refractivity contribution in [1.29, 1.82) is 0 Å². The zero-order valence-corrected chi connectivity index (χ0v) is 21.5. The number of benzene rings is 2. The van der Waals surface area contributed by atoms with Gasteiger partial charge >= 0.3 is 5.69 Å². The summed E-state index contributed by atoms with van der Waals surface area (Å²) >= 11 is 6.07. The van der Waals surface area contributed by atoms with E-state index in [1.165, 1.54) is 10.1 Å². The van der Waals surface area contributed by atoms with Gasteiger partial charge in [0.05, 0.1) is 0 Å². The number of hydrogen-bond acceptors (Lipinski definition) is 4. The number of hydrogen-bond donors (Lipinski definition) is 1. The standard InChI is InChI=1S/C28H30ClFN4O3/c1-32-24-23(25(36)33(27(32)37)16-5-17-35)34(18-19-8-10-22(29)11-9-19)26(31-24)28(30)14-12-21(13-15-28)20-6-3-2-4-7-20/h2-4,6-11,21,35H,5,12-18H2,1H3. The lowest BCUT2D eigenvalue weighted by Crippen LogP contribution is -2.40. The van der Waals surface area contributed by atoms with Crippen molar-refractivity contribution in [3.8, 4) is 0 Å². The van der Waals surface area contributed by atoms with E-state index in [2.05, 4.69) is 17.1 Å². The Hall–Kier alpha value is -3.23. The smallest absolute Gasteiger partial charge is 0.332 e. The highest BCUT2D eigenvalue weighted by molar-refractivity contribution is 6.30. The van der Waals surface area contributed by atoms with Gasteiger partial charge in [-0.25, -0.2) is 14.2 Å². The Balaban J connectivity index is 1.63. The maximum atomic E-state index is 16.8.